The van der Waals surface area contributed by atoms with Crippen LogP contribution >= 0.6 is 27.3 Å². The maximum atomic E-state index is 11.3. The predicted molar refractivity (Wildman–Crippen MR) is 73.0 cm³/mol. The van der Waals surface area contributed by atoms with E-state index in [0.29, 0.717) is 18.0 Å². The highest BCUT2D eigenvalue weighted by Crippen LogP contribution is 2.22. The molecule has 0 amide bonds. The number of thiophene rings is 1. The summed E-state index contributed by atoms with van der Waals surface area (Å²) in [5, 5.41) is 9.43. The molecule has 18 heavy (non-hydrogen) atoms. The summed E-state index contributed by atoms with van der Waals surface area (Å²) in [6.45, 7) is 0.689. The third-order valence-electron chi connectivity index (χ3n) is 2.38. The van der Waals surface area contributed by atoms with Gasteiger partial charge >= 0.3 is 5.69 Å². The van der Waals surface area contributed by atoms with Crippen molar-refractivity contribution in [1.29, 1.82) is 0 Å². The minimum absolute atomic E-state index is 0.286. The molecule has 92 valence electrons. The van der Waals surface area contributed by atoms with Crippen LogP contribution in [0.5, 0.6) is 0 Å². The van der Waals surface area contributed by atoms with Crippen molar-refractivity contribution in [3.63, 3.8) is 0 Å². The summed E-state index contributed by atoms with van der Waals surface area (Å²) in [5.74, 6) is 0.686. The molecule has 0 bridgehead atoms. The maximum Gasteiger partial charge on any atom is 0.348 e. The first kappa shape index (κ1) is 11.4. The lowest BCUT2D eigenvalue weighted by Crippen LogP contribution is -2.10. The van der Waals surface area contributed by atoms with Crippen molar-refractivity contribution >= 4 is 38.7 Å². The lowest BCUT2D eigenvalue weighted by Gasteiger charge is -2.03. The molecule has 2 N–H and O–H groups in total. The van der Waals surface area contributed by atoms with E-state index in [-0.39, 0.29) is 5.69 Å². The molecule has 0 atom stereocenters. The van der Waals surface area contributed by atoms with E-state index >= 15 is 0 Å². The number of anilines is 1. The number of aromatic amines is 1. The number of halogens is 1. The second kappa shape index (κ2) is 4.54. The van der Waals surface area contributed by atoms with E-state index in [4.69, 9.17) is 0 Å². The van der Waals surface area contributed by atoms with Crippen LogP contribution in [0.2, 0.25) is 0 Å². The van der Waals surface area contributed by atoms with Gasteiger partial charge in [0, 0.05) is 10.9 Å². The molecule has 0 aliphatic carbocycles. The van der Waals surface area contributed by atoms with Gasteiger partial charge < -0.3 is 5.32 Å². The van der Waals surface area contributed by atoms with Gasteiger partial charge in [-0.05, 0) is 28.1 Å². The van der Waals surface area contributed by atoms with Crippen LogP contribution in [-0.2, 0) is 6.54 Å². The van der Waals surface area contributed by atoms with E-state index in [9.17, 15) is 4.79 Å². The molecule has 0 aliphatic rings. The number of rotatable bonds is 3. The van der Waals surface area contributed by atoms with Crippen molar-refractivity contribution in [2.45, 2.75) is 6.54 Å². The molecule has 3 aromatic rings. The zero-order valence-electron chi connectivity index (χ0n) is 9.05. The molecule has 0 unspecified atom stereocenters. The minimum Gasteiger partial charge on any atom is -0.365 e. The first-order valence-electron chi connectivity index (χ1n) is 5.13. The van der Waals surface area contributed by atoms with Gasteiger partial charge in [-0.2, -0.15) is 5.10 Å². The van der Waals surface area contributed by atoms with Crippen LogP contribution in [0, 0.1) is 0 Å². The number of fused-ring (bicyclic) bond motifs is 1. The molecule has 3 heterocycles. The molecule has 3 aromatic heterocycles. The summed E-state index contributed by atoms with van der Waals surface area (Å²) in [4.78, 5) is 16.6. The van der Waals surface area contributed by atoms with Crippen molar-refractivity contribution in [2.75, 3.05) is 5.32 Å². The Morgan fingerprint density at radius 2 is 2.39 bits per heavy atom. The van der Waals surface area contributed by atoms with Crippen molar-refractivity contribution in [3.05, 3.63) is 43.7 Å². The zero-order valence-corrected chi connectivity index (χ0v) is 11.5. The highest BCUT2D eigenvalue weighted by atomic mass is 79.9. The standard InChI is InChI=1S/C10H8BrN5OS/c11-7-2-1-6(18-7)4-12-8-3-9-14-15-10(17)16(9)5-13-8/h1-3,5,12H,4H2,(H,15,17). The highest BCUT2D eigenvalue weighted by molar-refractivity contribution is 9.11. The summed E-state index contributed by atoms with van der Waals surface area (Å²) in [5.41, 5.74) is 0.260. The molecule has 8 heteroatoms. The Kier molecular flexibility index (Phi) is 2.88. The number of hydrogen-bond donors (Lipinski definition) is 2. The van der Waals surface area contributed by atoms with Gasteiger partial charge in [0.05, 0.1) is 10.3 Å². The Morgan fingerprint density at radius 1 is 1.50 bits per heavy atom. The molecule has 0 aromatic carbocycles. The van der Waals surface area contributed by atoms with Crippen LogP contribution in [-0.4, -0.2) is 19.6 Å². The second-order valence-corrected chi connectivity index (χ2v) is 6.14. The average Bonchev–Trinajstić information content (AvgIpc) is 2.94. The summed E-state index contributed by atoms with van der Waals surface area (Å²) in [6, 6.07) is 5.77. The SMILES string of the molecule is O=c1[nH]nc2cc(NCc3ccc(Br)s3)ncn12. The van der Waals surface area contributed by atoms with Crippen LogP contribution in [0.25, 0.3) is 5.65 Å². The minimum atomic E-state index is -0.286. The molecule has 0 aliphatic heterocycles. The Hall–Kier alpha value is -1.67. The van der Waals surface area contributed by atoms with E-state index in [1.165, 1.54) is 15.6 Å². The second-order valence-electron chi connectivity index (χ2n) is 3.59. The smallest absolute Gasteiger partial charge is 0.348 e. The first-order valence-corrected chi connectivity index (χ1v) is 6.74. The summed E-state index contributed by atoms with van der Waals surface area (Å²) >= 11 is 5.08. The topological polar surface area (TPSA) is 75.1 Å². The van der Waals surface area contributed by atoms with E-state index in [1.807, 2.05) is 12.1 Å². The quantitative estimate of drug-likeness (QED) is 0.770. The molecule has 6 nitrogen and oxygen atoms in total. The van der Waals surface area contributed by atoms with Crippen LogP contribution in [0.3, 0.4) is 0 Å². The number of hydrogen-bond acceptors (Lipinski definition) is 5. The van der Waals surface area contributed by atoms with Gasteiger partial charge in [-0.3, -0.25) is 0 Å². The lowest BCUT2D eigenvalue weighted by atomic mass is 10.4. The zero-order chi connectivity index (χ0) is 12.5. The number of nitrogens with one attached hydrogen (secondary N) is 2. The normalized spacial score (nSPS) is 10.9. The van der Waals surface area contributed by atoms with Crippen molar-refractivity contribution in [1.82, 2.24) is 19.6 Å². The predicted octanol–water partition coefficient (Wildman–Crippen LogP) is 1.85. The number of H-pyrrole nitrogens is 1. The monoisotopic (exact) mass is 325 g/mol. The van der Waals surface area contributed by atoms with E-state index in [1.54, 1.807) is 17.4 Å². The Balaban J connectivity index is 1.80. The molecular formula is C10H8BrN5OS. The molecular weight excluding hydrogens is 318 g/mol. The molecule has 0 saturated heterocycles. The van der Waals surface area contributed by atoms with Crippen molar-refractivity contribution in [3.8, 4) is 0 Å². The van der Waals surface area contributed by atoms with Gasteiger partial charge in [0.2, 0.25) is 0 Å². The van der Waals surface area contributed by atoms with Gasteiger partial charge in [-0.15, -0.1) is 11.3 Å². The largest absolute Gasteiger partial charge is 0.365 e. The third kappa shape index (κ3) is 2.16. The van der Waals surface area contributed by atoms with Gasteiger partial charge in [-0.25, -0.2) is 19.3 Å². The summed E-state index contributed by atoms with van der Waals surface area (Å²) < 4.78 is 2.45. The number of aromatic nitrogens is 4. The van der Waals surface area contributed by atoms with Crippen LogP contribution in [0.15, 0.2) is 33.1 Å². The molecule has 0 fully saturated rings. The van der Waals surface area contributed by atoms with Crippen LogP contribution in [0.4, 0.5) is 5.82 Å². The molecule has 0 spiro atoms. The fraction of sp³-hybridized carbons (Fsp3) is 0.100. The van der Waals surface area contributed by atoms with E-state index < -0.39 is 0 Å². The van der Waals surface area contributed by atoms with Crippen molar-refractivity contribution in [2.24, 2.45) is 0 Å². The van der Waals surface area contributed by atoms with E-state index in [2.05, 4.69) is 36.4 Å². The lowest BCUT2D eigenvalue weighted by molar-refractivity contribution is 0.992. The molecule has 0 saturated carbocycles. The highest BCUT2D eigenvalue weighted by Gasteiger charge is 2.03. The van der Waals surface area contributed by atoms with E-state index in [0.717, 1.165) is 3.79 Å². The Bertz CT molecular complexity index is 746. The summed E-state index contributed by atoms with van der Waals surface area (Å²) in [7, 11) is 0. The fourth-order valence-electron chi connectivity index (χ4n) is 1.53. The number of nitrogens with zero attached hydrogens (tertiary/aromatic N) is 3. The molecule has 3 rings (SSSR count). The van der Waals surface area contributed by atoms with Gasteiger partial charge in [0.15, 0.2) is 5.65 Å². The van der Waals surface area contributed by atoms with Gasteiger partial charge in [0.25, 0.3) is 0 Å². The van der Waals surface area contributed by atoms with Crippen molar-refractivity contribution < 1.29 is 0 Å². The fourth-order valence-corrected chi connectivity index (χ4v) is 2.95. The Morgan fingerprint density at radius 3 is 3.17 bits per heavy atom. The Labute approximate surface area is 114 Å². The maximum absolute atomic E-state index is 11.3. The van der Waals surface area contributed by atoms with Gasteiger partial charge in [-0.1, -0.05) is 0 Å². The summed E-state index contributed by atoms with van der Waals surface area (Å²) in [6.07, 6.45) is 1.45. The van der Waals surface area contributed by atoms with Crippen LogP contribution in [0.1, 0.15) is 4.88 Å². The average molecular weight is 326 g/mol. The first-order chi connectivity index (χ1) is 8.72. The van der Waals surface area contributed by atoms with Crippen LogP contribution < -0.4 is 11.0 Å². The van der Waals surface area contributed by atoms with Gasteiger partial charge in [0.1, 0.15) is 12.1 Å². The molecule has 0 radical (unpaired) electrons. The third-order valence-corrected chi connectivity index (χ3v) is 4.01.